The molecule has 1 aromatic carbocycles. The molecule has 0 aromatic heterocycles. The number of primary sulfonamides is 1. The van der Waals surface area contributed by atoms with Crippen LogP contribution in [0.5, 0.6) is 0 Å². The van der Waals surface area contributed by atoms with Crippen molar-refractivity contribution in [2.45, 2.75) is 49.6 Å². The highest BCUT2D eigenvalue weighted by atomic mass is 32.2. The molecule has 3 rings (SSSR count). The lowest BCUT2D eigenvalue weighted by Crippen LogP contribution is -2.55. The fourth-order valence-electron chi connectivity index (χ4n) is 3.45. The largest absolute Gasteiger partial charge is 0.368 e. The Labute approximate surface area is 159 Å². The molecule has 0 spiro atoms. The van der Waals surface area contributed by atoms with Crippen molar-refractivity contribution in [1.82, 2.24) is 10.2 Å². The van der Waals surface area contributed by atoms with E-state index in [2.05, 4.69) is 5.32 Å². The third-order valence-corrected chi connectivity index (χ3v) is 5.85. The number of carbonyl (C=O) groups is 2. The summed E-state index contributed by atoms with van der Waals surface area (Å²) in [6.07, 6.45) is 2.77. The van der Waals surface area contributed by atoms with E-state index in [1.165, 1.54) is 0 Å². The predicted octanol–water partition coefficient (Wildman–Crippen LogP) is 0.373. The topological polar surface area (TPSA) is 119 Å². The summed E-state index contributed by atoms with van der Waals surface area (Å²) < 4.78 is 27.6. The molecule has 1 aromatic rings. The maximum absolute atomic E-state index is 12.6. The summed E-state index contributed by atoms with van der Waals surface area (Å²) in [7, 11) is -1.86. The molecule has 1 aliphatic heterocycles. The minimum Gasteiger partial charge on any atom is -0.368 e. The van der Waals surface area contributed by atoms with Crippen LogP contribution in [-0.2, 0) is 25.3 Å². The standard InChI is InChI=1S/C18H25N3O5S/c1-21(15-9-14(10-15)20-17(22)16-3-2-8-26-16)18(23)13-6-4-12(5-7-13)11-27(19,24)25/h4-7,14-16H,2-3,8-11H2,1H3,(H,20,22)(H2,19,24,25). The Hall–Kier alpha value is -1.97. The number of hydrogen-bond acceptors (Lipinski definition) is 5. The maximum atomic E-state index is 12.6. The molecule has 148 valence electrons. The van der Waals surface area contributed by atoms with Gasteiger partial charge in [-0.25, -0.2) is 13.6 Å². The zero-order chi connectivity index (χ0) is 19.6. The van der Waals surface area contributed by atoms with Gasteiger partial charge in [-0.15, -0.1) is 0 Å². The minimum absolute atomic E-state index is 0.0598. The number of sulfonamides is 1. The van der Waals surface area contributed by atoms with Crippen LogP contribution in [0.3, 0.4) is 0 Å². The van der Waals surface area contributed by atoms with Crippen LogP contribution in [-0.4, -0.2) is 57.0 Å². The van der Waals surface area contributed by atoms with Gasteiger partial charge in [-0.2, -0.15) is 0 Å². The van der Waals surface area contributed by atoms with Crippen molar-refractivity contribution in [3.05, 3.63) is 35.4 Å². The summed E-state index contributed by atoms with van der Waals surface area (Å²) in [6, 6.07) is 6.53. The molecule has 0 radical (unpaired) electrons. The Morgan fingerprint density at radius 2 is 1.93 bits per heavy atom. The SMILES string of the molecule is CN(C(=O)c1ccc(CS(N)(=O)=O)cc1)C1CC(NC(=O)C2CCCO2)C1. The van der Waals surface area contributed by atoms with E-state index in [4.69, 9.17) is 9.88 Å². The van der Waals surface area contributed by atoms with Crippen LogP contribution >= 0.6 is 0 Å². The van der Waals surface area contributed by atoms with Crippen molar-refractivity contribution in [1.29, 1.82) is 0 Å². The molecular formula is C18H25N3O5S. The number of nitrogens with zero attached hydrogens (tertiary/aromatic N) is 1. The van der Waals surface area contributed by atoms with Crippen molar-refractivity contribution in [2.24, 2.45) is 5.14 Å². The zero-order valence-corrected chi connectivity index (χ0v) is 16.1. The van der Waals surface area contributed by atoms with Crippen LogP contribution in [0.25, 0.3) is 0 Å². The summed E-state index contributed by atoms with van der Waals surface area (Å²) >= 11 is 0. The Morgan fingerprint density at radius 3 is 2.48 bits per heavy atom. The summed E-state index contributed by atoms with van der Waals surface area (Å²) in [4.78, 5) is 26.3. The van der Waals surface area contributed by atoms with Gasteiger partial charge in [0, 0.05) is 31.3 Å². The van der Waals surface area contributed by atoms with Crippen LogP contribution in [0.1, 0.15) is 41.6 Å². The summed E-state index contributed by atoms with van der Waals surface area (Å²) in [6.45, 7) is 0.638. The molecule has 2 fully saturated rings. The average molecular weight is 395 g/mol. The lowest BCUT2D eigenvalue weighted by Gasteiger charge is -2.41. The molecule has 1 unspecified atom stereocenters. The third-order valence-electron chi connectivity index (χ3n) is 5.12. The number of rotatable bonds is 6. The van der Waals surface area contributed by atoms with Gasteiger partial charge in [0.2, 0.25) is 15.9 Å². The monoisotopic (exact) mass is 395 g/mol. The second-order valence-corrected chi connectivity index (χ2v) is 8.87. The number of amides is 2. The first kappa shape index (κ1) is 19.8. The molecule has 2 aliphatic rings. The second kappa shape index (κ2) is 7.95. The molecule has 1 atom stereocenters. The second-order valence-electron chi connectivity index (χ2n) is 7.25. The average Bonchev–Trinajstić information content (AvgIpc) is 3.10. The fourth-order valence-corrected chi connectivity index (χ4v) is 4.10. The highest BCUT2D eigenvalue weighted by Gasteiger charge is 2.36. The van der Waals surface area contributed by atoms with Gasteiger partial charge in [0.05, 0.1) is 5.75 Å². The van der Waals surface area contributed by atoms with Gasteiger partial charge in [-0.05, 0) is 43.4 Å². The predicted molar refractivity (Wildman–Crippen MR) is 99.3 cm³/mol. The first-order chi connectivity index (χ1) is 12.7. The van der Waals surface area contributed by atoms with E-state index in [0.717, 1.165) is 12.8 Å². The number of benzene rings is 1. The van der Waals surface area contributed by atoms with Gasteiger partial charge in [0.25, 0.3) is 5.91 Å². The Balaban J connectivity index is 1.49. The molecule has 0 bridgehead atoms. The van der Waals surface area contributed by atoms with E-state index < -0.39 is 10.0 Å². The zero-order valence-electron chi connectivity index (χ0n) is 15.3. The van der Waals surface area contributed by atoms with Gasteiger partial charge >= 0.3 is 0 Å². The van der Waals surface area contributed by atoms with E-state index in [9.17, 15) is 18.0 Å². The smallest absolute Gasteiger partial charge is 0.253 e. The van der Waals surface area contributed by atoms with Crippen molar-refractivity contribution in [3.8, 4) is 0 Å². The van der Waals surface area contributed by atoms with Crippen molar-refractivity contribution in [3.63, 3.8) is 0 Å². The summed E-state index contributed by atoms with van der Waals surface area (Å²) in [5.41, 5.74) is 1.03. The van der Waals surface area contributed by atoms with E-state index >= 15 is 0 Å². The minimum atomic E-state index is -3.60. The molecule has 2 amide bonds. The van der Waals surface area contributed by atoms with Crippen molar-refractivity contribution >= 4 is 21.8 Å². The van der Waals surface area contributed by atoms with E-state index in [-0.39, 0.29) is 35.8 Å². The van der Waals surface area contributed by atoms with Gasteiger partial charge in [0.1, 0.15) is 6.10 Å². The molecule has 9 heteroatoms. The quantitative estimate of drug-likeness (QED) is 0.721. The molecular weight excluding hydrogens is 370 g/mol. The summed E-state index contributed by atoms with van der Waals surface area (Å²) in [5.74, 6) is -0.451. The van der Waals surface area contributed by atoms with Crippen LogP contribution in [0, 0.1) is 0 Å². The highest BCUT2D eigenvalue weighted by Crippen LogP contribution is 2.27. The normalized spacial score (nSPS) is 24.9. The number of ether oxygens (including phenoxy) is 1. The van der Waals surface area contributed by atoms with Crippen molar-refractivity contribution < 1.29 is 22.7 Å². The lowest BCUT2D eigenvalue weighted by molar-refractivity contribution is -0.131. The molecule has 1 saturated carbocycles. The number of nitrogens with two attached hydrogens (primary N) is 1. The van der Waals surface area contributed by atoms with E-state index in [1.807, 2.05) is 0 Å². The lowest BCUT2D eigenvalue weighted by atomic mass is 9.85. The van der Waals surface area contributed by atoms with Crippen LogP contribution in [0.4, 0.5) is 0 Å². The molecule has 1 saturated heterocycles. The van der Waals surface area contributed by atoms with Crippen LogP contribution < -0.4 is 10.5 Å². The Morgan fingerprint density at radius 1 is 1.26 bits per heavy atom. The first-order valence-corrected chi connectivity index (χ1v) is 10.7. The first-order valence-electron chi connectivity index (χ1n) is 9.01. The van der Waals surface area contributed by atoms with Crippen LogP contribution in [0.15, 0.2) is 24.3 Å². The number of nitrogens with one attached hydrogen (secondary N) is 1. The molecule has 8 nitrogen and oxygen atoms in total. The molecule has 3 N–H and O–H groups in total. The fraction of sp³-hybridized carbons (Fsp3) is 0.556. The van der Waals surface area contributed by atoms with Gasteiger partial charge in [0.15, 0.2) is 0 Å². The third kappa shape index (κ3) is 5.06. The van der Waals surface area contributed by atoms with E-state index in [1.54, 1.807) is 36.2 Å². The van der Waals surface area contributed by atoms with Crippen molar-refractivity contribution in [2.75, 3.05) is 13.7 Å². The molecule has 1 heterocycles. The summed E-state index contributed by atoms with van der Waals surface area (Å²) in [5, 5.41) is 8.01. The Kier molecular flexibility index (Phi) is 5.83. The Bertz CT molecular complexity index is 797. The number of carbonyl (C=O) groups excluding carboxylic acids is 2. The number of hydrogen-bond donors (Lipinski definition) is 2. The van der Waals surface area contributed by atoms with Gasteiger partial charge in [-0.3, -0.25) is 9.59 Å². The van der Waals surface area contributed by atoms with E-state index in [0.29, 0.717) is 30.6 Å². The van der Waals surface area contributed by atoms with Crippen LogP contribution in [0.2, 0.25) is 0 Å². The van der Waals surface area contributed by atoms with Gasteiger partial charge < -0.3 is 15.0 Å². The molecule has 1 aliphatic carbocycles. The van der Waals surface area contributed by atoms with Gasteiger partial charge in [-0.1, -0.05) is 12.1 Å². The highest BCUT2D eigenvalue weighted by molar-refractivity contribution is 7.88. The maximum Gasteiger partial charge on any atom is 0.253 e. The molecule has 27 heavy (non-hydrogen) atoms.